The third kappa shape index (κ3) is 6.92. The fraction of sp³-hybridized carbons (Fsp3) is 0.240. The molecule has 0 radical (unpaired) electrons. The summed E-state index contributed by atoms with van der Waals surface area (Å²) in [6.07, 6.45) is 1.81. The number of carboxylic acid groups (broad SMARTS) is 1. The molecule has 32 heavy (non-hydrogen) atoms. The molecule has 166 valence electrons. The van der Waals surface area contributed by atoms with Gasteiger partial charge in [0.25, 0.3) is 0 Å². The molecule has 0 fully saturated rings. The smallest absolute Gasteiger partial charge is 0.322 e. The summed E-state index contributed by atoms with van der Waals surface area (Å²) in [6.45, 7) is 0.00571. The molecule has 7 nitrogen and oxygen atoms in total. The highest BCUT2D eigenvalue weighted by Gasteiger charge is 2.14. The molecule has 1 amide bonds. The Morgan fingerprint density at radius 3 is 2.25 bits per heavy atom. The monoisotopic (exact) mass is 433 g/mol. The predicted octanol–water partition coefficient (Wildman–Crippen LogP) is 3.49. The Hall–Kier alpha value is -3.71. The lowest BCUT2D eigenvalue weighted by atomic mass is 10.0. The van der Waals surface area contributed by atoms with E-state index in [0.717, 1.165) is 22.4 Å². The molecule has 0 saturated carbocycles. The predicted molar refractivity (Wildman–Crippen MR) is 123 cm³/mol. The molecule has 0 saturated heterocycles. The molecule has 0 bridgehead atoms. The van der Waals surface area contributed by atoms with Crippen LogP contribution in [0.4, 0.5) is 0 Å². The molecule has 1 atom stereocenters. The number of nitrogens with two attached hydrogens (primary N) is 1. The summed E-state index contributed by atoms with van der Waals surface area (Å²) in [7, 11) is 0. The fourth-order valence-corrected chi connectivity index (χ4v) is 3.20. The highest BCUT2D eigenvalue weighted by atomic mass is 16.5. The van der Waals surface area contributed by atoms with Gasteiger partial charge in [0.05, 0.1) is 18.3 Å². The molecule has 1 aromatic heterocycles. The number of ether oxygens (including phenoxy) is 1. The van der Waals surface area contributed by atoms with Gasteiger partial charge in [0.15, 0.2) is 0 Å². The Morgan fingerprint density at radius 2 is 1.59 bits per heavy atom. The number of unbranched alkanes of at least 4 members (excludes halogenated alkanes) is 1. The average Bonchev–Trinajstić information content (AvgIpc) is 2.83. The van der Waals surface area contributed by atoms with E-state index >= 15 is 0 Å². The Morgan fingerprint density at radius 1 is 0.938 bits per heavy atom. The van der Waals surface area contributed by atoms with Crippen LogP contribution in [0, 0.1) is 0 Å². The van der Waals surface area contributed by atoms with Crippen LogP contribution in [0.25, 0.3) is 22.4 Å². The molecule has 0 aliphatic carbocycles. The van der Waals surface area contributed by atoms with E-state index < -0.39 is 24.5 Å². The third-order valence-corrected chi connectivity index (χ3v) is 4.89. The van der Waals surface area contributed by atoms with Crippen molar-refractivity contribution < 1.29 is 19.4 Å². The number of benzene rings is 2. The van der Waals surface area contributed by atoms with E-state index in [1.807, 2.05) is 72.8 Å². The number of carbonyl (C=O) groups excluding carboxylic acids is 1. The lowest BCUT2D eigenvalue weighted by Gasteiger charge is -2.12. The molecule has 0 aliphatic rings. The molecule has 3 rings (SSSR count). The minimum absolute atomic E-state index is 0.428. The van der Waals surface area contributed by atoms with Crippen LogP contribution in [0.3, 0.4) is 0 Å². The number of nitrogens with one attached hydrogen (secondary N) is 1. The summed E-state index contributed by atoms with van der Waals surface area (Å²) in [5.74, 6) is -1.02. The molecule has 1 heterocycles. The van der Waals surface area contributed by atoms with Gasteiger partial charge in [0, 0.05) is 11.6 Å². The lowest BCUT2D eigenvalue weighted by Crippen LogP contribution is -2.42. The first-order chi connectivity index (χ1) is 15.5. The van der Waals surface area contributed by atoms with Crippen molar-refractivity contribution in [3.63, 3.8) is 0 Å². The highest BCUT2D eigenvalue weighted by Crippen LogP contribution is 2.28. The van der Waals surface area contributed by atoms with Crippen molar-refractivity contribution in [3.05, 3.63) is 72.8 Å². The second-order valence-corrected chi connectivity index (χ2v) is 7.37. The van der Waals surface area contributed by atoms with Gasteiger partial charge in [-0.3, -0.25) is 9.59 Å². The Labute approximate surface area is 187 Å². The number of aromatic nitrogens is 1. The molecule has 7 heteroatoms. The van der Waals surface area contributed by atoms with E-state index in [-0.39, 0.29) is 0 Å². The number of hydrogen-bond acceptors (Lipinski definition) is 5. The van der Waals surface area contributed by atoms with Crippen LogP contribution in [0.2, 0.25) is 0 Å². The zero-order valence-electron chi connectivity index (χ0n) is 17.7. The minimum atomic E-state index is -1.10. The maximum atomic E-state index is 11.7. The van der Waals surface area contributed by atoms with Gasteiger partial charge in [0.1, 0.15) is 6.54 Å². The Balaban J connectivity index is 1.60. The van der Waals surface area contributed by atoms with Crippen LogP contribution in [0.5, 0.6) is 5.88 Å². The summed E-state index contributed by atoms with van der Waals surface area (Å²) < 4.78 is 5.92. The molecule has 0 spiro atoms. The zero-order valence-corrected chi connectivity index (χ0v) is 17.7. The Bertz CT molecular complexity index is 968. The second kappa shape index (κ2) is 11.6. The van der Waals surface area contributed by atoms with E-state index in [1.165, 1.54) is 0 Å². The summed E-state index contributed by atoms with van der Waals surface area (Å²) in [6, 6.07) is 23.2. The van der Waals surface area contributed by atoms with Crippen LogP contribution in [-0.2, 0) is 9.59 Å². The van der Waals surface area contributed by atoms with E-state index in [9.17, 15) is 9.59 Å². The van der Waals surface area contributed by atoms with Crippen molar-refractivity contribution in [1.29, 1.82) is 0 Å². The van der Waals surface area contributed by atoms with Crippen LogP contribution < -0.4 is 15.8 Å². The zero-order chi connectivity index (χ0) is 22.8. The molecule has 2 aromatic carbocycles. The van der Waals surface area contributed by atoms with Crippen LogP contribution in [0.1, 0.15) is 19.3 Å². The first-order valence-electron chi connectivity index (χ1n) is 10.5. The first kappa shape index (κ1) is 23.0. The van der Waals surface area contributed by atoms with Crippen molar-refractivity contribution >= 4 is 11.9 Å². The number of nitrogens with zero attached hydrogens (tertiary/aromatic N) is 1. The highest BCUT2D eigenvalue weighted by molar-refractivity contribution is 5.84. The van der Waals surface area contributed by atoms with Gasteiger partial charge in [-0.1, -0.05) is 60.7 Å². The fourth-order valence-electron chi connectivity index (χ4n) is 3.20. The summed E-state index contributed by atoms with van der Waals surface area (Å²) in [5, 5.41) is 10.9. The topological polar surface area (TPSA) is 115 Å². The van der Waals surface area contributed by atoms with Crippen LogP contribution in [0.15, 0.2) is 72.8 Å². The molecule has 0 aliphatic heterocycles. The standard InChI is InChI=1S/C25H27N3O4/c26-21(25(31)27-17-24(29)30)13-7-8-14-32-23-16-20(18-9-3-1-4-10-18)15-22(28-23)19-11-5-2-6-12-19/h1-6,9-12,15-16,21H,7-8,13-14,17,26H2,(H,27,31)(H,29,30). The number of rotatable bonds is 11. The van der Waals surface area contributed by atoms with E-state index in [2.05, 4.69) is 10.3 Å². The quantitative estimate of drug-likeness (QED) is 0.399. The van der Waals surface area contributed by atoms with Crippen molar-refractivity contribution in [2.75, 3.05) is 13.2 Å². The number of carbonyl (C=O) groups is 2. The number of aliphatic carboxylic acids is 1. The molecular formula is C25H27N3O4. The van der Waals surface area contributed by atoms with E-state index in [4.69, 9.17) is 15.6 Å². The maximum Gasteiger partial charge on any atom is 0.322 e. The molecule has 3 aromatic rings. The van der Waals surface area contributed by atoms with Gasteiger partial charge in [-0.25, -0.2) is 4.98 Å². The molecule has 4 N–H and O–H groups in total. The van der Waals surface area contributed by atoms with E-state index in [1.54, 1.807) is 0 Å². The van der Waals surface area contributed by atoms with Gasteiger partial charge >= 0.3 is 5.97 Å². The van der Waals surface area contributed by atoms with Gasteiger partial charge in [-0.2, -0.15) is 0 Å². The molecular weight excluding hydrogens is 406 g/mol. The van der Waals surface area contributed by atoms with Gasteiger partial charge in [0.2, 0.25) is 11.8 Å². The maximum absolute atomic E-state index is 11.7. The van der Waals surface area contributed by atoms with Crippen molar-refractivity contribution in [2.45, 2.75) is 25.3 Å². The van der Waals surface area contributed by atoms with Crippen molar-refractivity contribution in [3.8, 4) is 28.3 Å². The van der Waals surface area contributed by atoms with E-state index in [0.29, 0.717) is 31.7 Å². The number of pyridine rings is 1. The van der Waals surface area contributed by atoms with Crippen molar-refractivity contribution in [1.82, 2.24) is 10.3 Å². The van der Waals surface area contributed by atoms with Gasteiger partial charge < -0.3 is 20.9 Å². The summed E-state index contributed by atoms with van der Waals surface area (Å²) >= 11 is 0. The normalized spacial score (nSPS) is 11.5. The van der Waals surface area contributed by atoms with Gasteiger partial charge in [-0.15, -0.1) is 0 Å². The first-order valence-corrected chi connectivity index (χ1v) is 10.5. The van der Waals surface area contributed by atoms with Crippen LogP contribution in [-0.4, -0.2) is 41.2 Å². The van der Waals surface area contributed by atoms with Gasteiger partial charge in [-0.05, 0) is 36.5 Å². The second-order valence-electron chi connectivity index (χ2n) is 7.37. The number of carboxylic acids is 1. The van der Waals surface area contributed by atoms with Crippen LogP contribution >= 0.6 is 0 Å². The SMILES string of the molecule is NC(CCCCOc1cc(-c2ccccc2)cc(-c2ccccc2)n1)C(=O)NCC(=O)O. The molecule has 1 unspecified atom stereocenters. The Kier molecular flexibility index (Phi) is 8.34. The summed E-state index contributed by atoms with van der Waals surface area (Å²) in [5.41, 5.74) is 9.75. The lowest BCUT2D eigenvalue weighted by molar-refractivity contribution is -0.138. The minimum Gasteiger partial charge on any atom is -0.480 e. The third-order valence-electron chi connectivity index (χ3n) is 4.89. The largest absolute Gasteiger partial charge is 0.480 e. The number of hydrogen-bond donors (Lipinski definition) is 3. The summed E-state index contributed by atoms with van der Waals surface area (Å²) in [4.78, 5) is 26.9. The average molecular weight is 434 g/mol. The number of amides is 1. The van der Waals surface area contributed by atoms with Crippen molar-refractivity contribution in [2.24, 2.45) is 5.73 Å².